The first kappa shape index (κ1) is 82.8. The lowest BCUT2D eigenvalue weighted by Crippen LogP contribution is -2.58. The van der Waals surface area contributed by atoms with Crippen molar-refractivity contribution in [2.24, 2.45) is 0 Å². The van der Waals surface area contributed by atoms with Gasteiger partial charge in [-0.05, 0) is 25.7 Å². The molecule has 0 aliphatic heterocycles. The zero-order chi connectivity index (χ0) is 60.4. The summed E-state index contributed by atoms with van der Waals surface area (Å²) in [6, 6.07) is 0. The minimum absolute atomic E-state index is 0.332. The topological polar surface area (TPSA) is 90.2 Å². The summed E-state index contributed by atoms with van der Waals surface area (Å²) in [7, 11) is 0. The fraction of sp³-hybridized carbons (Fsp3) is 1.00. The maximum atomic E-state index is 12.1. The van der Waals surface area contributed by atoms with Gasteiger partial charge in [0.25, 0.3) is 0 Å². The standard InChI is InChI=1S/C78H158O5/c1-5-9-13-17-21-25-29-33-37-41-45-49-53-57-61-65-69-77(75(81)73-79,70-66-62-58-54-50-46-42-38-34-30-26-22-18-14-10-6-2)83-78(76(82)74-80,71-67-63-59-55-51-47-43-39-35-31-27-23-19-15-11-7-3)72-68-64-60-56-52-48-44-40-36-32-28-24-20-16-12-8-4/h75-76,79-82H,5-74H2,1-4H3. The predicted octanol–water partition coefficient (Wildman–Crippen LogP) is 25.8. The van der Waals surface area contributed by atoms with Crippen LogP contribution in [0.25, 0.3) is 0 Å². The minimum atomic E-state index is -1.02. The Morgan fingerprint density at radius 1 is 0.193 bits per heavy atom. The predicted molar refractivity (Wildman–Crippen MR) is 369 cm³/mol. The van der Waals surface area contributed by atoms with E-state index in [9.17, 15) is 20.4 Å². The molecule has 2 unspecified atom stereocenters. The number of hydrogen-bond acceptors (Lipinski definition) is 5. The Labute approximate surface area is 523 Å². The molecule has 0 heterocycles. The van der Waals surface area contributed by atoms with Crippen molar-refractivity contribution < 1.29 is 25.2 Å². The van der Waals surface area contributed by atoms with Crippen LogP contribution in [0.3, 0.4) is 0 Å². The van der Waals surface area contributed by atoms with Gasteiger partial charge in [0, 0.05) is 0 Å². The molecule has 0 radical (unpaired) electrons. The molecule has 0 bridgehead atoms. The largest absolute Gasteiger partial charge is 0.394 e. The van der Waals surface area contributed by atoms with Gasteiger partial charge in [0.05, 0.1) is 24.4 Å². The van der Waals surface area contributed by atoms with E-state index in [1.807, 2.05) is 0 Å². The highest BCUT2D eigenvalue weighted by Crippen LogP contribution is 2.42. The Bertz CT molecular complexity index is 1020. The van der Waals surface area contributed by atoms with Crippen LogP contribution in [0.15, 0.2) is 0 Å². The van der Waals surface area contributed by atoms with E-state index in [0.29, 0.717) is 25.7 Å². The van der Waals surface area contributed by atoms with Gasteiger partial charge >= 0.3 is 0 Å². The molecular formula is C78H158O5. The molecule has 0 aromatic carbocycles. The average Bonchev–Trinajstić information content (AvgIpc) is 3.67. The zero-order valence-electron chi connectivity index (χ0n) is 57.8. The Hall–Kier alpha value is -0.200. The van der Waals surface area contributed by atoms with Gasteiger partial charge in [0.1, 0.15) is 12.2 Å². The molecule has 0 aliphatic rings. The molecule has 0 aromatic rings. The molecule has 5 nitrogen and oxygen atoms in total. The number of unbranched alkanes of at least 4 members (excludes halogenated alkanes) is 60. The third kappa shape index (κ3) is 54.5. The van der Waals surface area contributed by atoms with Crippen LogP contribution in [-0.2, 0) is 4.74 Å². The van der Waals surface area contributed by atoms with Gasteiger partial charge in [-0.15, -0.1) is 0 Å². The number of aliphatic hydroxyl groups is 4. The number of ether oxygens (including phenoxy) is 1. The van der Waals surface area contributed by atoms with Crippen LogP contribution in [0.5, 0.6) is 0 Å². The molecule has 0 saturated heterocycles. The van der Waals surface area contributed by atoms with E-state index >= 15 is 0 Å². The molecule has 83 heavy (non-hydrogen) atoms. The van der Waals surface area contributed by atoms with E-state index in [4.69, 9.17) is 4.74 Å². The van der Waals surface area contributed by atoms with Gasteiger partial charge in [-0.3, -0.25) is 0 Å². The number of hydrogen-bond donors (Lipinski definition) is 4. The summed E-state index contributed by atoms with van der Waals surface area (Å²) in [6.45, 7) is 8.54. The van der Waals surface area contributed by atoms with Crippen LogP contribution < -0.4 is 0 Å². The van der Waals surface area contributed by atoms with E-state index in [1.54, 1.807) is 0 Å². The Kier molecular flexibility index (Phi) is 67.6. The maximum Gasteiger partial charge on any atom is 0.106 e. The highest BCUT2D eigenvalue weighted by Gasteiger charge is 2.48. The number of aliphatic hydroxyl groups excluding tert-OH is 4. The van der Waals surface area contributed by atoms with E-state index in [1.165, 1.54) is 360 Å². The SMILES string of the molecule is CCCCCCCCCCCCCCCCCCC(CCCCCCCCCCCCCCCCCC)(OC(CCCCCCCCCCCCCCCCCC)(CCCCCCCCCCCCCCCCCC)C(O)CO)C(O)CO. The van der Waals surface area contributed by atoms with Crippen molar-refractivity contribution in [2.75, 3.05) is 13.2 Å². The van der Waals surface area contributed by atoms with Gasteiger partial charge in [0.2, 0.25) is 0 Å². The summed E-state index contributed by atoms with van der Waals surface area (Å²) in [4.78, 5) is 0. The first-order valence-electron chi connectivity index (χ1n) is 39.2. The second-order valence-electron chi connectivity index (χ2n) is 27.8. The molecule has 500 valence electrons. The first-order valence-corrected chi connectivity index (χ1v) is 39.2. The van der Waals surface area contributed by atoms with Crippen LogP contribution in [0, 0.1) is 0 Å². The van der Waals surface area contributed by atoms with Crippen molar-refractivity contribution >= 4 is 0 Å². The maximum absolute atomic E-state index is 12.1. The summed E-state index contributed by atoms with van der Waals surface area (Å²) >= 11 is 0. The highest BCUT2D eigenvalue weighted by atomic mass is 16.6. The third-order valence-electron chi connectivity index (χ3n) is 19.8. The van der Waals surface area contributed by atoms with Crippen LogP contribution in [-0.4, -0.2) is 57.0 Å². The Morgan fingerprint density at radius 3 is 0.410 bits per heavy atom. The second kappa shape index (κ2) is 67.7. The molecule has 0 rings (SSSR count). The second-order valence-corrected chi connectivity index (χ2v) is 27.8. The van der Waals surface area contributed by atoms with Crippen molar-refractivity contribution in [1.82, 2.24) is 0 Å². The third-order valence-corrected chi connectivity index (χ3v) is 19.8. The van der Waals surface area contributed by atoms with Crippen molar-refractivity contribution in [3.63, 3.8) is 0 Å². The van der Waals surface area contributed by atoms with Crippen LogP contribution >= 0.6 is 0 Å². The Morgan fingerprint density at radius 2 is 0.301 bits per heavy atom. The average molecular weight is 1180 g/mol. The molecular weight excluding hydrogens is 1020 g/mol. The molecule has 0 amide bonds. The van der Waals surface area contributed by atoms with Crippen molar-refractivity contribution in [3.05, 3.63) is 0 Å². The van der Waals surface area contributed by atoms with Crippen molar-refractivity contribution in [1.29, 1.82) is 0 Å². The highest BCUT2D eigenvalue weighted by molar-refractivity contribution is 4.97. The fourth-order valence-corrected chi connectivity index (χ4v) is 13.9. The summed E-state index contributed by atoms with van der Waals surface area (Å²) in [5.41, 5.74) is -1.89. The van der Waals surface area contributed by atoms with Gasteiger partial charge in [-0.2, -0.15) is 0 Å². The van der Waals surface area contributed by atoms with Gasteiger partial charge in [0.15, 0.2) is 0 Å². The summed E-state index contributed by atoms with van der Waals surface area (Å²) in [5.74, 6) is 0. The fourth-order valence-electron chi connectivity index (χ4n) is 13.9. The summed E-state index contributed by atoms with van der Waals surface area (Å²) in [6.07, 6.45) is 85.2. The van der Waals surface area contributed by atoms with Gasteiger partial charge < -0.3 is 25.2 Å². The monoisotopic (exact) mass is 1180 g/mol. The van der Waals surface area contributed by atoms with E-state index in [0.717, 1.165) is 51.4 Å². The summed E-state index contributed by atoms with van der Waals surface area (Å²) < 4.78 is 7.61. The molecule has 0 spiro atoms. The molecule has 0 aromatic heterocycles. The lowest BCUT2D eigenvalue weighted by molar-refractivity contribution is -0.253. The molecule has 4 N–H and O–H groups in total. The molecule has 0 fully saturated rings. The van der Waals surface area contributed by atoms with Gasteiger partial charge in [-0.1, -0.05) is 439 Å². The minimum Gasteiger partial charge on any atom is -0.394 e. The van der Waals surface area contributed by atoms with Gasteiger partial charge in [-0.25, -0.2) is 0 Å². The van der Waals surface area contributed by atoms with E-state index in [2.05, 4.69) is 27.7 Å². The smallest absolute Gasteiger partial charge is 0.106 e. The summed E-state index contributed by atoms with van der Waals surface area (Å²) in [5, 5.41) is 46.2. The number of rotatable bonds is 74. The van der Waals surface area contributed by atoms with Crippen LogP contribution in [0.1, 0.15) is 464 Å². The van der Waals surface area contributed by atoms with Crippen molar-refractivity contribution in [3.8, 4) is 0 Å². The Balaban J connectivity index is 5.78. The van der Waals surface area contributed by atoms with E-state index < -0.39 is 23.4 Å². The normalized spacial score (nSPS) is 13.0. The molecule has 2 atom stereocenters. The van der Waals surface area contributed by atoms with E-state index in [-0.39, 0.29) is 13.2 Å². The molecule has 0 saturated carbocycles. The lowest BCUT2D eigenvalue weighted by atomic mass is 9.79. The quantitative estimate of drug-likeness (QED) is 0.0456. The lowest BCUT2D eigenvalue weighted by Gasteiger charge is -2.48. The van der Waals surface area contributed by atoms with Crippen molar-refractivity contribution in [2.45, 2.75) is 488 Å². The van der Waals surface area contributed by atoms with Crippen LogP contribution in [0.2, 0.25) is 0 Å². The molecule has 0 aliphatic carbocycles. The molecule has 5 heteroatoms. The zero-order valence-corrected chi connectivity index (χ0v) is 57.8. The first-order chi connectivity index (χ1) is 40.9. The van der Waals surface area contributed by atoms with Crippen LogP contribution in [0.4, 0.5) is 0 Å².